The van der Waals surface area contributed by atoms with Gasteiger partial charge in [-0.15, -0.1) is 0 Å². The number of carbonyl (C=O) groups is 1. The van der Waals surface area contributed by atoms with Gasteiger partial charge in [-0.25, -0.2) is 17.8 Å². The maximum atomic E-state index is 15.0. The van der Waals surface area contributed by atoms with Gasteiger partial charge in [0.15, 0.2) is 11.6 Å². The van der Waals surface area contributed by atoms with Gasteiger partial charge >= 0.3 is 0 Å². The number of carbonyl (C=O) groups excluding carboxylic acids is 1. The molecule has 7 nitrogen and oxygen atoms in total. The Kier molecular flexibility index (Phi) is 6.15. The summed E-state index contributed by atoms with van der Waals surface area (Å²) in [5.74, 6) is -1.66. The van der Waals surface area contributed by atoms with Gasteiger partial charge in [0.2, 0.25) is 10.0 Å². The number of benzene rings is 2. The van der Waals surface area contributed by atoms with Gasteiger partial charge in [0.1, 0.15) is 0 Å². The molecule has 1 N–H and O–H groups in total. The van der Waals surface area contributed by atoms with Crippen molar-refractivity contribution in [1.82, 2.24) is 15.0 Å². The van der Waals surface area contributed by atoms with Crippen LogP contribution in [0.4, 0.5) is 10.1 Å². The fourth-order valence-corrected chi connectivity index (χ4v) is 4.47. The van der Waals surface area contributed by atoms with E-state index in [4.69, 9.17) is 0 Å². The molecule has 168 valence electrons. The number of anilines is 1. The molecule has 2 aromatic carbocycles. The lowest BCUT2D eigenvalue weighted by Crippen LogP contribution is -2.18. The SMILES string of the molecule is CCCS(=O)(=O)Nc1cccc(C(=O)c2ccc3ncc(-c4ccc(C)nc4)nc3c2)c1F. The summed E-state index contributed by atoms with van der Waals surface area (Å²) >= 11 is 0. The van der Waals surface area contributed by atoms with Crippen LogP contribution in [0.15, 0.2) is 60.9 Å². The first kappa shape index (κ1) is 22.5. The number of hydrogen-bond acceptors (Lipinski definition) is 6. The predicted molar refractivity (Wildman–Crippen MR) is 125 cm³/mol. The minimum absolute atomic E-state index is 0.146. The highest BCUT2D eigenvalue weighted by molar-refractivity contribution is 7.92. The van der Waals surface area contributed by atoms with Crippen LogP contribution in [0.5, 0.6) is 0 Å². The third kappa shape index (κ3) is 4.88. The zero-order valence-electron chi connectivity index (χ0n) is 18.0. The number of fused-ring (bicyclic) bond motifs is 1. The number of sulfonamides is 1. The number of pyridine rings is 1. The highest BCUT2D eigenvalue weighted by Gasteiger charge is 2.20. The van der Waals surface area contributed by atoms with Crippen LogP contribution < -0.4 is 4.72 Å². The Balaban J connectivity index is 1.69. The molecule has 9 heteroatoms. The van der Waals surface area contributed by atoms with Crippen LogP contribution in [0.1, 0.15) is 35.0 Å². The minimum atomic E-state index is -3.70. The van der Waals surface area contributed by atoms with Crippen molar-refractivity contribution in [2.45, 2.75) is 20.3 Å². The summed E-state index contributed by atoms with van der Waals surface area (Å²) in [6, 6.07) is 12.5. The minimum Gasteiger partial charge on any atom is -0.288 e. The van der Waals surface area contributed by atoms with Crippen LogP contribution in [0.2, 0.25) is 0 Å². The quantitative estimate of drug-likeness (QED) is 0.404. The second kappa shape index (κ2) is 9.03. The molecule has 0 unspecified atom stereocenters. The highest BCUT2D eigenvalue weighted by Crippen LogP contribution is 2.24. The molecule has 2 aromatic heterocycles. The molecule has 2 heterocycles. The van der Waals surface area contributed by atoms with E-state index in [-0.39, 0.29) is 22.6 Å². The van der Waals surface area contributed by atoms with E-state index in [0.29, 0.717) is 23.1 Å². The van der Waals surface area contributed by atoms with Crippen LogP contribution in [0, 0.1) is 12.7 Å². The number of halogens is 1. The number of hydrogen-bond donors (Lipinski definition) is 1. The van der Waals surface area contributed by atoms with Gasteiger partial charge in [-0.1, -0.05) is 13.0 Å². The summed E-state index contributed by atoms with van der Waals surface area (Å²) < 4.78 is 41.3. The van der Waals surface area contributed by atoms with Gasteiger partial charge in [-0.05, 0) is 55.8 Å². The van der Waals surface area contributed by atoms with Crippen LogP contribution in [-0.2, 0) is 10.0 Å². The number of ketones is 1. The lowest BCUT2D eigenvalue weighted by atomic mass is 10.0. The van der Waals surface area contributed by atoms with Crippen LogP contribution >= 0.6 is 0 Å². The molecule has 0 aliphatic heterocycles. The molecule has 0 radical (unpaired) electrons. The summed E-state index contributed by atoms with van der Waals surface area (Å²) in [6.45, 7) is 3.59. The summed E-state index contributed by atoms with van der Waals surface area (Å²) in [6.07, 6.45) is 3.71. The summed E-state index contributed by atoms with van der Waals surface area (Å²) in [7, 11) is -3.70. The van der Waals surface area contributed by atoms with E-state index in [9.17, 15) is 13.2 Å². The first-order valence-corrected chi connectivity index (χ1v) is 12.0. The maximum absolute atomic E-state index is 15.0. The molecule has 0 saturated carbocycles. The van der Waals surface area contributed by atoms with Crippen molar-refractivity contribution in [2.24, 2.45) is 0 Å². The molecular formula is C24H21FN4O3S. The average Bonchev–Trinajstić information content (AvgIpc) is 2.79. The van der Waals surface area contributed by atoms with Gasteiger partial charge < -0.3 is 0 Å². The largest absolute Gasteiger partial charge is 0.288 e. The van der Waals surface area contributed by atoms with E-state index in [1.807, 2.05) is 19.1 Å². The average molecular weight is 465 g/mol. The Morgan fingerprint density at radius 2 is 1.85 bits per heavy atom. The van der Waals surface area contributed by atoms with E-state index < -0.39 is 21.6 Å². The van der Waals surface area contributed by atoms with Crippen molar-refractivity contribution in [1.29, 1.82) is 0 Å². The van der Waals surface area contributed by atoms with E-state index >= 15 is 4.39 Å². The standard InChI is InChI=1S/C24H21FN4O3S/c1-3-11-33(31,32)29-20-6-4-5-18(23(20)25)24(30)16-9-10-19-21(12-16)28-22(14-27-19)17-8-7-15(2)26-13-17/h4-10,12-14,29H,3,11H2,1-2H3. The van der Waals surface area contributed by atoms with Crippen molar-refractivity contribution < 1.29 is 17.6 Å². The van der Waals surface area contributed by atoms with E-state index in [1.54, 1.807) is 37.5 Å². The topological polar surface area (TPSA) is 102 Å². The Bertz CT molecular complexity index is 1450. The van der Waals surface area contributed by atoms with Crippen molar-refractivity contribution in [3.05, 3.63) is 83.6 Å². The van der Waals surface area contributed by atoms with Crippen molar-refractivity contribution >= 4 is 32.5 Å². The third-order valence-corrected chi connectivity index (χ3v) is 6.47. The fourth-order valence-electron chi connectivity index (χ4n) is 3.34. The zero-order chi connectivity index (χ0) is 23.6. The Morgan fingerprint density at radius 1 is 1.03 bits per heavy atom. The Hall–Kier alpha value is -3.72. The zero-order valence-corrected chi connectivity index (χ0v) is 18.9. The Morgan fingerprint density at radius 3 is 2.58 bits per heavy atom. The Labute approximate surface area is 190 Å². The third-order valence-electron chi connectivity index (χ3n) is 4.99. The van der Waals surface area contributed by atoms with Crippen LogP contribution in [0.25, 0.3) is 22.3 Å². The van der Waals surface area contributed by atoms with Crippen LogP contribution in [-0.4, -0.2) is 34.9 Å². The molecule has 0 aliphatic rings. The smallest absolute Gasteiger partial charge is 0.232 e. The van der Waals surface area contributed by atoms with Crippen molar-refractivity contribution in [2.75, 3.05) is 10.5 Å². The molecule has 0 atom stereocenters. The molecule has 0 fully saturated rings. The van der Waals surface area contributed by atoms with E-state index in [2.05, 4.69) is 19.7 Å². The molecule has 0 bridgehead atoms. The fraction of sp³-hybridized carbons (Fsp3) is 0.167. The van der Waals surface area contributed by atoms with Crippen LogP contribution in [0.3, 0.4) is 0 Å². The highest BCUT2D eigenvalue weighted by atomic mass is 32.2. The normalized spacial score (nSPS) is 11.5. The summed E-state index contributed by atoms with van der Waals surface area (Å²) in [5.41, 5.74) is 3.02. The van der Waals surface area contributed by atoms with E-state index in [1.165, 1.54) is 18.2 Å². The second-order valence-corrected chi connectivity index (χ2v) is 9.41. The van der Waals surface area contributed by atoms with E-state index in [0.717, 1.165) is 11.3 Å². The lowest BCUT2D eigenvalue weighted by Gasteiger charge is -2.11. The molecule has 0 saturated heterocycles. The number of nitrogens with zero attached hydrogens (tertiary/aromatic N) is 3. The number of nitrogens with one attached hydrogen (secondary N) is 1. The molecule has 0 spiro atoms. The van der Waals surface area contributed by atoms with Gasteiger partial charge in [-0.3, -0.25) is 19.5 Å². The number of aryl methyl sites for hydroxylation is 1. The molecule has 33 heavy (non-hydrogen) atoms. The van der Waals surface area contributed by atoms with Crippen molar-refractivity contribution in [3.63, 3.8) is 0 Å². The molecule has 4 rings (SSSR count). The lowest BCUT2D eigenvalue weighted by molar-refractivity contribution is 0.103. The maximum Gasteiger partial charge on any atom is 0.232 e. The summed E-state index contributed by atoms with van der Waals surface area (Å²) in [5, 5.41) is 0. The molecule has 4 aromatic rings. The monoisotopic (exact) mass is 464 g/mol. The molecule has 0 amide bonds. The summed E-state index contributed by atoms with van der Waals surface area (Å²) in [4.78, 5) is 26.3. The first-order valence-electron chi connectivity index (χ1n) is 10.3. The number of aromatic nitrogens is 3. The molecule has 0 aliphatic carbocycles. The van der Waals surface area contributed by atoms with Gasteiger partial charge in [0.05, 0.1) is 39.9 Å². The van der Waals surface area contributed by atoms with Crippen molar-refractivity contribution in [3.8, 4) is 11.3 Å². The van der Waals surface area contributed by atoms with Gasteiger partial charge in [-0.2, -0.15) is 0 Å². The molecular weight excluding hydrogens is 443 g/mol. The van der Waals surface area contributed by atoms with Gasteiger partial charge in [0, 0.05) is 23.0 Å². The number of rotatable bonds is 7. The predicted octanol–water partition coefficient (Wildman–Crippen LogP) is 4.52. The van der Waals surface area contributed by atoms with Gasteiger partial charge in [0.25, 0.3) is 0 Å². The first-order chi connectivity index (χ1) is 15.8. The second-order valence-electron chi connectivity index (χ2n) is 7.56.